The smallest absolute Gasteiger partial charge is 0.288 e. The largest absolute Gasteiger partial charge is 0.348 e. The van der Waals surface area contributed by atoms with Crippen molar-refractivity contribution >= 4 is 35.0 Å². The molecule has 1 aliphatic rings. The third kappa shape index (κ3) is 3.61. The Hall–Kier alpha value is -1.27. The first kappa shape index (κ1) is 14.1. The Morgan fingerprint density at radius 1 is 1.53 bits per heavy atom. The Labute approximate surface area is 119 Å². The Bertz CT molecular complexity index is 504. The van der Waals surface area contributed by atoms with Gasteiger partial charge < -0.3 is 5.32 Å². The zero-order valence-electron chi connectivity index (χ0n) is 10.1. The monoisotopic (exact) mass is 300 g/mol. The van der Waals surface area contributed by atoms with Gasteiger partial charge in [-0.2, -0.15) is 11.8 Å². The normalized spacial score (nSPS) is 18.9. The molecule has 1 N–H and O–H groups in total. The molecule has 1 heterocycles. The van der Waals surface area contributed by atoms with E-state index in [2.05, 4.69) is 5.32 Å². The first-order valence-corrected chi connectivity index (χ1v) is 7.44. The summed E-state index contributed by atoms with van der Waals surface area (Å²) < 4.78 is 0. The molecule has 102 valence electrons. The number of hydrogen-bond donors (Lipinski definition) is 1. The van der Waals surface area contributed by atoms with Crippen molar-refractivity contribution in [2.45, 2.75) is 18.9 Å². The molecule has 1 atom stereocenters. The van der Waals surface area contributed by atoms with E-state index in [1.807, 2.05) is 0 Å². The van der Waals surface area contributed by atoms with Gasteiger partial charge in [0.2, 0.25) is 0 Å². The quantitative estimate of drug-likeness (QED) is 0.688. The van der Waals surface area contributed by atoms with Gasteiger partial charge in [0.1, 0.15) is 5.02 Å². The predicted molar refractivity (Wildman–Crippen MR) is 75.9 cm³/mol. The lowest BCUT2D eigenvalue weighted by Gasteiger charge is -2.22. The van der Waals surface area contributed by atoms with Crippen LogP contribution in [-0.4, -0.2) is 28.4 Å². The molecule has 0 spiro atoms. The Kier molecular flexibility index (Phi) is 4.66. The highest BCUT2D eigenvalue weighted by Gasteiger charge is 2.20. The van der Waals surface area contributed by atoms with Crippen LogP contribution in [0.1, 0.15) is 23.2 Å². The van der Waals surface area contributed by atoms with Gasteiger partial charge in [0, 0.05) is 23.4 Å². The second-order valence-corrected chi connectivity index (χ2v) is 5.87. The van der Waals surface area contributed by atoms with Crippen molar-refractivity contribution in [1.82, 2.24) is 5.32 Å². The molecule has 0 aromatic heterocycles. The van der Waals surface area contributed by atoms with Gasteiger partial charge in [-0.05, 0) is 30.7 Å². The molecule has 1 saturated heterocycles. The maximum atomic E-state index is 12.0. The van der Waals surface area contributed by atoms with Crippen molar-refractivity contribution in [2.75, 3.05) is 11.5 Å². The fourth-order valence-corrected chi connectivity index (χ4v) is 3.18. The van der Waals surface area contributed by atoms with Crippen molar-refractivity contribution < 1.29 is 9.72 Å². The Morgan fingerprint density at radius 2 is 2.32 bits per heavy atom. The van der Waals surface area contributed by atoms with E-state index in [1.165, 1.54) is 18.2 Å². The number of nitrogens with zero attached hydrogens (tertiary/aromatic N) is 1. The van der Waals surface area contributed by atoms with Gasteiger partial charge in [-0.1, -0.05) is 11.6 Å². The summed E-state index contributed by atoms with van der Waals surface area (Å²) in [6.45, 7) is 0. The molecule has 0 saturated carbocycles. The minimum Gasteiger partial charge on any atom is -0.348 e. The van der Waals surface area contributed by atoms with Crippen LogP contribution in [0, 0.1) is 10.1 Å². The van der Waals surface area contributed by atoms with Gasteiger partial charge in [-0.25, -0.2) is 0 Å². The van der Waals surface area contributed by atoms with Gasteiger partial charge in [-0.3, -0.25) is 14.9 Å². The fourth-order valence-electron chi connectivity index (χ4n) is 1.92. The van der Waals surface area contributed by atoms with Crippen molar-refractivity contribution in [3.8, 4) is 0 Å². The highest BCUT2D eigenvalue weighted by Crippen LogP contribution is 2.25. The number of thioether (sulfide) groups is 1. The first-order valence-electron chi connectivity index (χ1n) is 5.90. The minimum atomic E-state index is -0.588. The van der Waals surface area contributed by atoms with E-state index in [0.29, 0.717) is 0 Å². The summed E-state index contributed by atoms with van der Waals surface area (Å²) in [7, 11) is 0. The number of amides is 1. The van der Waals surface area contributed by atoms with Crippen molar-refractivity contribution in [1.29, 1.82) is 0 Å². The maximum absolute atomic E-state index is 12.0. The van der Waals surface area contributed by atoms with Crippen LogP contribution < -0.4 is 5.32 Å². The average Bonchev–Trinajstić information content (AvgIpc) is 2.40. The van der Waals surface area contributed by atoms with Crippen LogP contribution in [0.3, 0.4) is 0 Å². The second-order valence-electron chi connectivity index (χ2n) is 4.31. The van der Waals surface area contributed by atoms with Crippen LogP contribution in [0.15, 0.2) is 18.2 Å². The molecular formula is C12H13ClN2O3S. The second kappa shape index (κ2) is 6.25. The van der Waals surface area contributed by atoms with E-state index < -0.39 is 4.92 Å². The number of nitrogens with one attached hydrogen (secondary N) is 1. The third-order valence-corrected chi connectivity index (χ3v) is 4.44. The predicted octanol–water partition coefficient (Wildman–Crippen LogP) is 2.87. The topological polar surface area (TPSA) is 72.2 Å². The highest BCUT2D eigenvalue weighted by atomic mass is 35.5. The van der Waals surface area contributed by atoms with E-state index in [0.717, 1.165) is 24.3 Å². The summed E-state index contributed by atoms with van der Waals surface area (Å²) in [5.41, 5.74) is 0.0269. The average molecular weight is 301 g/mol. The van der Waals surface area contributed by atoms with E-state index >= 15 is 0 Å². The molecule has 1 fully saturated rings. The minimum absolute atomic E-state index is 0.0368. The van der Waals surface area contributed by atoms with Gasteiger partial charge in [0.25, 0.3) is 11.6 Å². The Balaban J connectivity index is 2.10. The van der Waals surface area contributed by atoms with Crippen molar-refractivity contribution in [3.05, 3.63) is 38.9 Å². The Morgan fingerprint density at radius 3 is 2.95 bits per heavy atom. The molecule has 0 bridgehead atoms. The molecule has 1 aliphatic heterocycles. The SMILES string of the molecule is O=C(NC1CCCSC1)c1ccc(Cl)c([N+](=O)[O-])c1. The number of benzene rings is 1. The molecule has 0 aliphatic carbocycles. The molecular weight excluding hydrogens is 288 g/mol. The standard InChI is InChI=1S/C12H13ClN2O3S/c13-10-4-3-8(6-11(10)15(17)18)12(16)14-9-2-1-5-19-7-9/h3-4,6,9H,1-2,5,7H2,(H,14,16). The first-order chi connectivity index (χ1) is 9.08. The van der Waals surface area contributed by atoms with Crippen LogP contribution in [0.4, 0.5) is 5.69 Å². The number of carbonyl (C=O) groups is 1. The van der Waals surface area contributed by atoms with Crippen LogP contribution in [0.2, 0.25) is 5.02 Å². The molecule has 2 rings (SSSR count). The number of carbonyl (C=O) groups excluding carboxylic acids is 1. The molecule has 1 aromatic rings. The summed E-state index contributed by atoms with van der Waals surface area (Å²) >= 11 is 7.52. The fraction of sp³-hybridized carbons (Fsp3) is 0.417. The third-order valence-electron chi connectivity index (χ3n) is 2.90. The zero-order chi connectivity index (χ0) is 13.8. The number of halogens is 1. The van der Waals surface area contributed by atoms with Crippen LogP contribution in [0.5, 0.6) is 0 Å². The summed E-state index contributed by atoms with van der Waals surface area (Å²) in [4.78, 5) is 22.2. The number of nitro benzene ring substituents is 1. The van der Waals surface area contributed by atoms with E-state index in [-0.39, 0.29) is 28.2 Å². The molecule has 1 unspecified atom stereocenters. The molecule has 1 amide bonds. The number of nitro groups is 1. The van der Waals surface area contributed by atoms with E-state index in [4.69, 9.17) is 11.6 Å². The zero-order valence-corrected chi connectivity index (χ0v) is 11.7. The summed E-state index contributed by atoms with van der Waals surface area (Å²) in [5, 5.41) is 13.7. The maximum Gasteiger partial charge on any atom is 0.288 e. The lowest BCUT2D eigenvalue weighted by Crippen LogP contribution is -2.38. The molecule has 0 radical (unpaired) electrons. The molecule has 19 heavy (non-hydrogen) atoms. The lowest BCUT2D eigenvalue weighted by molar-refractivity contribution is -0.384. The summed E-state index contributed by atoms with van der Waals surface area (Å²) in [6, 6.07) is 4.24. The van der Waals surface area contributed by atoms with Crippen LogP contribution in [0.25, 0.3) is 0 Å². The van der Waals surface area contributed by atoms with Gasteiger partial charge in [0.15, 0.2) is 0 Å². The van der Waals surface area contributed by atoms with E-state index in [9.17, 15) is 14.9 Å². The highest BCUT2D eigenvalue weighted by molar-refractivity contribution is 7.99. The van der Waals surface area contributed by atoms with Crippen molar-refractivity contribution in [3.63, 3.8) is 0 Å². The molecule has 5 nitrogen and oxygen atoms in total. The number of rotatable bonds is 3. The number of hydrogen-bond acceptors (Lipinski definition) is 4. The lowest BCUT2D eigenvalue weighted by atomic mass is 10.1. The van der Waals surface area contributed by atoms with E-state index in [1.54, 1.807) is 11.8 Å². The summed E-state index contributed by atoms with van der Waals surface area (Å²) in [5.74, 6) is 1.73. The van der Waals surface area contributed by atoms with Gasteiger partial charge in [0.05, 0.1) is 4.92 Å². The van der Waals surface area contributed by atoms with Gasteiger partial charge >= 0.3 is 0 Å². The molecule has 1 aromatic carbocycles. The molecule has 7 heteroatoms. The van der Waals surface area contributed by atoms with Gasteiger partial charge in [-0.15, -0.1) is 0 Å². The van der Waals surface area contributed by atoms with Crippen LogP contribution >= 0.6 is 23.4 Å². The summed E-state index contributed by atoms with van der Waals surface area (Å²) in [6.07, 6.45) is 2.03. The van der Waals surface area contributed by atoms with Crippen molar-refractivity contribution in [2.24, 2.45) is 0 Å². The van der Waals surface area contributed by atoms with Crippen LogP contribution in [-0.2, 0) is 0 Å².